The molecule has 3 aromatic heterocycles. The van der Waals surface area contributed by atoms with Gasteiger partial charge in [-0.3, -0.25) is 14.6 Å². The van der Waals surface area contributed by atoms with E-state index in [9.17, 15) is 9.59 Å². The normalized spacial score (nSPS) is 15.1. The number of piperidine rings is 1. The van der Waals surface area contributed by atoms with Crippen LogP contribution in [0.3, 0.4) is 0 Å². The van der Waals surface area contributed by atoms with Crippen molar-refractivity contribution in [2.45, 2.75) is 19.3 Å². The van der Waals surface area contributed by atoms with E-state index in [-0.39, 0.29) is 11.5 Å². The fourth-order valence-electron chi connectivity index (χ4n) is 3.50. The first kappa shape index (κ1) is 17.4. The van der Waals surface area contributed by atoms with E-state index in [1.165, 1.54) is 36.0 Å². The molecule has 140 valence electrons. The molecule has 1 aliphatic rings. The highest BCUT2D eigenvalue weighted by atomic mass is 16.2. The summed E-state index contributed by atoms with van der Waals surface area (Å²) in [6.07, 6.45) is 8.44. The van der Waals surface area contributed by atoms with Crippen LogP contribution in [-0.4, -0.2) is 56.2 Å². The van der Waals surface area contributed by atoms with E-state index >= 15 is 0 Å². The van der Waals surface area contributed by atoms with Crippen LogP contribution in [0.2, 0.25) is 0 Å². The number of pyridine rings is 1. The van der Waals surface area contributed by atoms with Crippen molar-refractivity contribution < 1.29 is 4.79 Å². The average molecular weight is 366 g/mol. The number of carbonyl (C=O) groups excluding carboxylic acids is 1. The van der Waals surface area contributed by atoms with Crippen molar-refractivity contribution in [3.8, 4) is 5.69 Å². The van der Waals surface area contributed by atoms with Crippen molar-refractivity contribution in [2.24, 2.45) is 0 Å². The molecule has 1 aliphatic heterocycles. The smallest absolute Gasteiger partial charge is 0.273 e. The van der Waals surface area contributed by atoms with Crippen LogP contribution in [0.5, 0.6) is 0 Å². The number of rotatable bonds is 5. The summed E-state index contributed by atoms with van der Waals surface area (Å²) in [6.45, 7) is 3.57. The van der Waals surface area contributed by atoms with Gasteiger partial charge in [0.05, 0.1) is 11.9 Å². The van der Waals surface area contributed by atoms with Gasteiger partial charge >= 0.3 is 0 Å². The number of hydrogen-bond acceptors (Lipinski definition) is 5. The lowest BCUT2D eigenvalue weighted by Gasteiger charge is -2.26. The fourth-order valence-corrected chi connectivity index (χ4v) is 3.50. The van der Waals surface area contributed by atoms with Crippen molar-refractivity contribution in [1.29, 1.82) is 0 Å². The number of aromatic nitrogens is 4. The second kappa shape index (κ2) is 7.71. The molecule has 4 rings (SSSR count). The largest absolute Gasteiger partial charge is 0.349 e. The Morgan fingerprint density at radius 1 is 1.15 bits per heavy atom. The summed E-state index contributed by atoms with van der Waals surface area (Å²) in [6, 6.07) is 6.57. The molecule has 27 heavy (non-hydrogen) atoms. The monoisotopic (exact) mass is 366 g/mol. The maximum absolute atomic E-state index is 12.8. The van der Waals surface area contributed by atoms with Gasteiger partial charge in [0.15, 0.2) is 5.65 Å². The van der Waals surface area contributed by atoms with Gasteiger partial charge in [0.25, 0.3) is 11.5 Å². The number of nitrogens with zero attached hydrogens (tertiary/aromatic N) is 5. The van der Waals surface area contributed by atoms with E-state index in [2.05, 4.69) is 20.2 Å². The van der Waals surface area contributed by atoms with E-state index in [0.717, 1.165) is 19.6 Å². The molecule has 1 amide bonds. The average Bonchev–Trinajstić information content (AvgIpc) is 3.10. The number of likely N-dealkylation sites (tertiary alicyclic amines) is 1. The lowest BCUT2D eigenvalue weighted by atomic mass is 10.1. The number of carbonyl (C=O) groups is 1. The number of amides is 1. The van der Waals surface area contributed by atoms with Crippen molar-refractivity contribution >= 4 is 11.6 Å². The zero-order chi connectivity index (χ0) is 18.6. The summed E-state index contributed by atoms with van der Waals surface area (Å²) in [4.78, 5) is 35.9. The lowest BCUT2D eigenvalue weighted by molar-refractivity contribution is 0.0938. The van der Waals surface area contributed by atoms with Crippen molar-refractivity contribution in [1.82, 2.24) is 29.4 Å². The van der Waals surface area contributed by atoms with Crippen LogP contribution < -0.4 is 10.9 Å². The van der Waals surface area contributed by atoms with Gasteiger partial charge in [-0.1, -0.05) is 6.42 Å². The Kier molecular flexibility index (Phi) is 4.97. The van der Waals surface area contributed by atoms with Crippen LogP contribution in [0.15, 0.2) is 47.7 Å². The zero-order valence-corrected chi connectivity index (χ0v) is 15.0. The molecule has 0 saturated carbocycles. The highest BCUT2D eigenvalue weighted by Gasteiger charge is 2.19. The molecule has 8 nitrogen and oxygen atoms in total. The highest BCUT2D eigenvalue weighted by molar-refractivity contribution is 5.94. The summed E-state index contributed by atoms with van der Waals surface area (Å²) < 4.78 is 2.95. The number of hydrogen-bond donors (Lipinski definition) is 1. The minimum Gasteiger partial charge on any atom is -0.349 e. The molecule has 0 spiro atoms. The Balaban J connectivity index is 1.61. The summed E-state index contributed by atoms with van der Waals surface area (Å²) in [5, 5.41) is 2.97. The van der Waals surface area contributed by atoms with E-state index in [0.29, 0.717) is 23.6 Å². The molecule has 0 radical (unpaired) electrons. The third kappa shape index (κ3) is 3.61. The molecular weight excluding hydrogens is 344 g/mol. The van der Waals surface area contributed by atoms with Crippen LogP contribution in [0.1, 0.15) is 29.8 Å². The van der Waals surface area contributed by atoms with Crippen molar-refractivity contribution in [3.63, 3.8) is 0 Å². The van der Waals surface area contributed by atoms with Crippen LogP contribution in [0.25, 0.3) is 11.3 Å². The Morgan fingerprint density at radius 2 is 2.00 bits per heavy atom. The summed E-state index contributed by atoms with van der Waals surface area (Å²) in [7, 11) is 0. The summed E-state index contributed by atoms with van der Waals surface area (Å²) in [5.41, 5.74) is 1.16. The van der Waals surface area contributed by atoms with Gasteiger partial charge < -0.3 is 10.2 Å². The molecule has 0 unspecified atom stereocenters. The first-order valence-electron chi connectivity index (χ1n) is 9.25. The molecule has 1 fully saturated rings. The minimum absolute atomic E-state index is 0.235. The molecule has 0 aromatic carbocycles. The molecule has 0 aliphatic carbocycles. The van der Waals surface area contributed by atoms with Gasteiger partial charge in [0.2, 0.25) is 0 Å². The fraction of sp³-hybridized carbons (Fsp3) is 0.368. The first-order chi connectivity index (χ1) is 13.2. The van der Waals surface area contributed by atoms with Crippen LogP contribution in [-0.2, 0) is 0 Å². The standard InChI is InChI=1S/C19H22N6O2/c26-18-6-8-21-17-13-16(24(25(17)18)15-5-4-7-20-14-15)19(27)22-9-12-23-10-2-1-3-11-23/h4-8,13-14H,1-3,9-12H2,(H,22,27). The van der Waals surface area contributed by atoms with Crippen LogP contribution in [0, 0.1) is 0 Å². The molecule has 1 saturated heterocycles. The predicted octanol–water partition coefficient (Wildman–Crippen LogP) is 1.10. The maximum Gasteiger partial charge on any atom is 0.273 e. The Labute approximate surface area is 156 Å². The minimum atomic E-state index is -0.254. The van der Waals surface area contributed by atoms with Gasteiger partial charge in [-0.25, -0.2) is 9.67 Å². The molecule has 1 N–H and O–H groups in total. The highest BCUT2D eigenvalue weighted by Crippen LogP contribution is 2.14. The summed E-state index contributed by atoms with van der Waals surface area (Å²) >= 11 is 0. The molecular formula is C19H22N6O2. The Bertz CT molecular complexity index is 988. The van der Waals surface area contributed by atoms with Crippen LogP contribution >= 0.6 is 0 Å². The van der Waals surface area contributed by atoms with Crippen LogP contribution in [0.4, 0.5) is 0 Å². The molecule has 0 bridgehead atoms. The number of nitrogens with one attached hydrogen (secondary N) is 1. The van der Waals surface area contributed by atoms with E-state index in [4.69, 9.17) is 0 Å². The summed E-state index contributed by atoms with van der Waals surface area (Å²) in [5.74, 6) is -0.235. The van der Waals surface area contributed by atoms with Gasteiger partial charge in [-0.2, -0.15) is 4.52 Å². The van der Waals surface area contributed by atoms with Crippen molar-refractivity contribution in [3.05, 3.63) is 58.9 Å². The second-order valence-electron chi connectivity index (χ2n) is 6.66. The van der Waals surface area contributed by atoms with Gasteiger partial charge in [-0.05, 0) is 38.1 Å². The number of fused-ring (bicyclic) bond motifs is 1. The lowest BCUT2D eigenvalue weighted by Crippen LogP contribution is -2.38. The van der Waals surface area contributed by atoms with Gasteiger partial charge in [0, 0.05) is 37.6 Å². The van der Waals surface area contributed by atoms with E-state index in [1.807, 2.05) is 0 Å². The molecule has 8 heteroatoms. The Hall–Kier alpha value is -3.00. The molecule has 0 atom stereocenters. The Morgan fingerprint density at radius 3 is 2.78 bits per heavy atom. The van der Waals surface area contributed by atoms with E-state index in [1.54, 1.807) is 35.3 Å². The topological polar surface area (TPSA) is 84.5 Å². The predicted molar refractivity (Wildman–Crippen MR) is 101 cm³/mol. The van der Waals surface area contributed by atoms with E-state index < -0.39 is 0 Å². The molecule has 4 heterocycles. The maximum atomic E-state index is 12.8. The zero-order valence-electron chi connectivity index (χ0n) is 15.0. The van der Waals surface area contributed by atoms with Gasteiger partial charge in [-0.15, -0.1) is 0 Å². The van der Waals surface area contributed by atoms with Crippen molar-refractivity contribution in [2.75, 3.05) is 26.2 Å². The first-order valence-corrected chi connectivity index (χ1v) is 9.25. The third-order valence-electron chi connectivity index (χ3n) is 4.83. The second-order valence-corrected chi connectivity index (χ2v) is 6.66. The van der Waals surface area contributed by atoms with Gasteiger partial charge in [0.1, 0.15) is 5.69 Å². The third-order valence-corrected chi connectivity index (χ3v) is 4.83. The SMILES string of the molecule is O=C(NCCN1CCCCC1)c1cc2nccc(=O)n2n1-c1cccnc1. The quantitative estimate of drug-likeness (QED) is 0.731. The molecule has 3 aromatic rings.